The van der Waals surface area contributed by atoms with E-state index < -0.39 is 11.7 Å². The lowest BCUT2D eigenvalue weighted by Gasteiger charge is -2.23. The Labute approximate surface area is 196 Å². The van der Waals surface area contributed by atoms with Crippen molar-refractivity contribution >= 4 is 41.7 Å². The van der Waals surface area contributed by atoms with E-state index in [0.717, 1.165) is 48.1 Å². The molecule has 0 saturated heterocycles. The van der Waals surface area contributed by atoms with Gasteiger partial charge in [0.2, 0.25) is 0 Å². The molecule has 0 radical (unpaired) electrons. The van der Waals surface area contributed by atoms with Crippen molar-refractivity contribution in [1.29, 1.82) is 0 Å². The summed E-state index contributed by atoms with van der Waals surface area (Å²) in [6, 6.07) is 5.20. The van der Waals surface area contributed by atoms with Crippen molar-refractivity contribution in [2.75, 3.05) is 25.6 Å². The highest BCUT2D eigenvalue weighted by Crippen LogP contribution is 2.29. The van der Waals surface area contributed by atoms with Gasteiger partial charge < -0.3 is 14.8 Å². The molecule has 0 bridgehead atoms. The van der Waals surface area contributed by atoms with Gasteiger partial charge in [0.25, 0.3) is 0 Å². The molecule has 0 unspecified atom stereocenters. The first kappa shape index (κ1) is 26.5. The van der Waals surface area contributed by atoms with E-state index in [9.17, 15) is 13.2 Å². The normalized spacial score (nSPS) is 11.9. The number of nitrogens with one attached hydrogen (secondary N) is 1. The summed E-state index contributed by atoms with van der Waals surface area (Å²) in [6.07, 6.45) is -1.29. The van der Waals surface area contributed by atoms with E-state index in [-0.39, 0.29) is 24.0 Å². The van der Waals surface area contributed by atoms with Crippen LogP contribution in [-0.4, -0.2) is 51.2 Å². The highest BCUT2D eigenvalue weighted by Gasteiger charge is 2.29. The Kier molecular flexibility index (Phi) is 10.9. The molecule has 1 heterocycles. The van der Waals surface area contributed by atoms with E-state index in [2.05, 4.69) is 26.8 Å². The topological polar surface area (TPSA) is 58.3 Å². The molecular weight excluding hydrogens is 528 g/mol. The molecule has 0 saturated carbocycles. The summed E-state index contributed by atoms with van der Waals surface area (Å²) in [5, 5.41) is 11.5. The summed E-state index contributed by atoms with van der Waals surface area (Å²) in [7, 11) is 3.75. The molecule has 1 aromatic heterocycles. The van der Waals surface area contributed by atoms with Gasteiger partial charge in [-0.05, 0) is 43.0 Å². The molecule has 1 aromatic carbocycles. The lowest BCUT2D eigenvalue weighted by Crippen LogP contribution is -2.39. The summed E-state index contributed by atoms with van der Waals surface area (Å²) >= 11 is 1.78. The van der Waals surface area contributed by atoms with Crippen molar-refractivity contribution in [3.05, 3.63) is 47.0 Å². The zero-order chi connectivity index (χ0) is 21.4. The van der Waals surface area contributed by atoms with Gasteiger partial charge in [0.1, 0.15) is 12.4 Å². The molecule has 6 nitrogen and oxygen atoms in total. The van der Waals surface area contributed by atoms with Crippen molar-refractivity contribution in [2.45, 2.75) is 32.6 Å². The third-order valence-corrected chi connectivity index (χ3v) is 5.12. The maximum Gasteiger partial charge on any atom is 0.416 e. The zero-order valence-corrected chi connectivity index (χ0v) is 20.7. The molecule has 0 aliphatic rings. The smallest absolute Gasteiger partial charge is 0.356 e. The van der Waals surface area contributed by atoms with Crippen LogP contribution >= 0.6 is 35.7 Å². The van der Waals surface area contributed by atoms with Gasteiger partial charge in [-0.3, -0.25) is 0 Å². The lowest BCUT2D eigenvalue weighted by molar-refractivity contribution is -0.137. The SMILES string of the molecule is CSCCCNC(=NCc1nnc(C)n1C)N(C)Cc1ccc(C(F)(F)F)cc1.I. The van der Waals surface area contributed by atoms with Crippen LogP contribution in [0.2, 0.25) is 0 Å². The van der Waals surface area contributed by atoms with Crippen LogP contribution in [0, 0.1) is 6.92 Å². The van der Waals surface area contributed by atoms with Crippen molar-refractivity contribution in [3.8, 4) is 0 Å². The summed E-state index contributed by atoms with van der Waals surface area (Å²) < 4.78 is 40.1. The first-order valence-electron chi connectivity index (χ1n) is 9.21. The van der Waals surface area contributed by atoms with E-state index in [4.69, 9.17) is 0 Å². The molecule has 30 heavy (non-hydrogen) atoms. The number of halogens is 4. The minimum atomic E-state index is -4.33. The fraction of sp³-hybridized carbons (Fsp3) is 0.526. The van der Waals surface area contributed by atoms with Gasteiger partial charge in [-0.15, -0.1) is 34.2 Å². The molecule has 2 rings (SSSR count). The van der Waals surface area contributed by atoms with E-state index >= 15 is 0 Å². The quantitative estimate of drug-likeness (QED) is 0.230. The maximum atomic E-state index is 12.8. The number of thioether (sulfide) groups is 1. The third kappa shape index (κ3) is 7.97. The van der Waals surface area contributed by atoms with Crippen LogP contribution in [0.5, 0.6) is 0 Å². The van der Waals surface area contributed by atoms with Crippen molar-refractivity contribution < 1.29 is 13.2 Å². The van der Waals surface area contributed by atoms with Crippen molar-refractivity contribution in [1.82, 2.24) is 25.0 Å². The zero-order valence-electron chi connectivity index (χ0n) is 17.5. The molecule has 168 valence electrons. The molecule has 0 amide bonds. The molecule has 11 heteroatoms. The van der Waals surface area contributed by atoms with Crippen LogP contribution in [-0.2, 0) is 26.3 Å². The second kappa shape index (κ2) is 12.4. The molecule has 0 aliphatic carbocycles. The minimum absolute atomic E-state index is 0. The highest BCUT2D eigenvalue weighted by atomic mass is 127. The van der Waals surface area contributed by atoms with E-state index in [0.29, 0.717) is 19.0 Å². The lowest BCUT2D eigenvalue weighted by atomic mass is 10.1. The Morgan fingerprint density at radius 3 is 2.43 bits per heavy atom. The number of hydrogen-bond donors (Lipinski definition) is 1. The fourth-order valence-corrected chi connectivity index (χ4v) is 3.04. The van der Waals surface area contributed by atoms with Crippen LogP contribution in [0.15, 0.2) is 29.3 Å². The standard InChI is InChI=1S/C19H27F3N6S.HI/c1-14-25-26-17(28(14)3)12-24-18(23-10-5-11-29-4)27(2)13-15-6-8-16(9-7-15)19(20,21)22;/h6-9H,5,10-13H2,1-4H3,(H,23,24);1H. The van der Waals surface area contributed by atoms with Gasteiger partial charge in [0, 0.05) is 27.2 Å². The number of hydrogen-bond acceptors (Lipinski definition) is 4. The molecule has 1 N–H and O–H groups in total. The van der Waals surface area contributed by atoms with Crippen LogP contribution in [0.3, 0.4) is 0 Å². The summed E-state index contributed by atoms with van der Waals surface area (Å²) in [5.74, 6) is 3.26. The van der Waals surface area contributed by atoms with E-state index in [1.165, 1.54) is 12.1 Å². The average molecular weight is 556 g/mol. The number of guanidine groups is 1. The predicted octanol–water partition coefficient (Wildman–Crippen LogP) is 4.09. The number of aryl methyl sites for hydroxylation is 1. The van der Waals surface area contributed by atoms with Gasteiger partial charge in [-0.2, -0.15) is 24.9 Å². The Hall–Kier alpha value is -1.50. The van der Waals surface area contributed by atoms with Crippen LogP contribution in [0.25, 0.3) is 0 Å². The molecular formula is C19H28F3IN6S. The number of benzene rings is 1. The average Bonchev–Trinajstić information content (AvgIpc) is 2.99. The van der Waals surface area contributed by atoms with Gasteiger partial charge in [-0.1, -0.05) is 12.1 Å². The predicted molar refractivity (Wildman–Crippen MR) is 126 cm³/mol. The van der Waals surface area contributed by atoms with E-state index in [1.807, 2.05) is 30.5 Å². The van der Waals surface area contributed by atoms with Gasteiger partial charge in [0.15, 0.2) is 11.8 Å². The summed E-state index contributed by atoms with van der Waals surface area (Å²) in [6.45, 7) is 3.43. The fourth-order valence-electron chi connectivity index (χ4n) is 2.61. The van der Waals surface area contributed by atoms with Crippen LogP contribution in [0.4, 0.5) is 13.2 Å². The number of nitrogens with zero attached hydrogens (tertiary/aromatic N) is 5. The second-order valence-corrected chi connectivity index (χ2v) is 7.67. The highest BCUT2D eigenvalue weighted by molar-refractivity contribution is 14.0. The van der Waals surface area contributed by atoms with Crippen LogP contribution < -0.4 is 5.32 Å². The van der Waals surface area contributed by atoms with Crippen molar-refractivity contribution in [3.63, 3.8) is 0 Å². The van der Waals surface area contributed by atoms with Crippen LogP contribution in [0.1, 0.15) is 29.2 Å². The van der Waals surface area contributed by atoms with Crippen molar-refractivity contribution in [2.24, 2.45) is 12.0 Å². The van der Waals surface area contributed by atoms with Gasteiger partial charge >= 0.3 is 6.18 Å². The number of rotatable bonds is 8. The summed E-state index contributed by atoms with van der Waals surface area (Å²) in [5.41, 5.74) is 0.124. The summed E-state index contributed by atoms with van der Waals surface area (Å²) in [4.78, 5) is 6.53. The molecule has 0 fully saturated rings. The second-order valence-electron chi connectivity index (χ2n) is 6.69. The third-order valence-electron chi connectivity index (χ3n) is 4.42. The first-order chi connectivity index (χ1) is 13.7. The van der Waals surface area contributed by atoms with E-state index in [1.54, 1.807) is 11.8 Å². The monoisotopic (exact) mass is 556 g/mol. The first-order valence-corrected chi connectivity index (χ1v) is 10.6. The molecule has 0 spiro atoms. The Bertz CT molecular complexity index is 808. The number of aromatic nitrogens is 3. The molecule has 2 aromatic rings. The van der Waals surface area contributed by atoms with Gasteiger partial charge in [0.05, 0.1) is 5.56 Å². The maximum absolute atomic E-state index is 12.8. The number of alkyl halides is 3. The number of aliphatic imine (C=N–C) groups is 1. The van der Waals surface area contributed by atoms with Gasteiger partial charge in [-0.25, -0.2) is 4.99 Å². The Morgan fingerprint density at radius 2 is 1.90 bits per heavy atom. The molecule has 0 aliphatic heterocycles. The minimum Gasteiger partial charge on any atom is -0.356 e. The largest absolute Gasteiger partial charge is 0.416 e. The Morgan fingerprint density at radius 1 is 1.23 bits per heavy atom. The molecule has 0 atom stereocenters. The Balaban J connectivity index is 0.00000450.